The zero-order valence-corrected chi connectivity index (χ0v) is 14.1. The van der Waals surface area contributed by atoms with E-state index in [4.69, 9.17) is 9.47 Å². The molecule has 1 amide bonds. The average Bonchev–Trinajstić information content (AvgIpc) is 2.62. The highest BCUT2D eigenvalue weighted by molar-refractivity contribution is 5.83. The molecular weight excluding hydrogens is 323 g/mol. The molecule has 0 aliphatic heterocycles. The molecule has 6 heteroatoms. The van der Waals surface area contributed by atoms with Crippen molar-refractivity contribution in [3.8, 4) is 11.5 Å². The van der Waals surface area contributed by atoms with Crippen LogP contribution < -0.4 is 14.9 Å². The molecule has 0 radical (unpaired) electrons. The van der Waals surface area contributed by atoms with Gasteiger partial charge in [0, 0.05) is 0 Å². The van der Waals surface area contributed by atoms with Crippen molar-refractivity contribution in [3.63, 3.8) is 0 Å². The first-order valence-electron chi connectivity index (χ1n) is 8.11. The number of nitrogens with zero attached hydrogens (tertiary/aromatic N) is 1. The largest absolute Gasteiger partial charge is 0.494 e. The summed E-state index contributed by atoms with van der Waals surface area (Å²) < 4.78 is 24.0. The summed E-state index contributed by atoms with van der Waals surface area (Å²) in [4.78, 5) is 11.6. The van der Waals surface area contributed by atoms with E-state index in [2.05, 4.69) is 17.5 Å². The lowest BCUT2D eigenvalue weighted by molar-refractivity contribution is -0.123. The lowest BCUT2D eigenvalue weighted by Gasteiger charge is -2.06. The predicted molar refractivity (Wildman–Crippen MR) is 94.5 cm³/mol. The average molecular weight is 344 g/mol. The Labute approximate surface area is 146 Å². The monoisotopic (exact) mass is 344 g/mol. The molecule has 0 spiro atoms. The number of hydrazone groups is 1. The van der Waals surface area contributed by atoms with Crippen LogP contribution in [-0.2, 0) is 4.79 Å². The number of halogens is 1. The number of carbonyl (C=O) groups excluding carboxylic acids is 1. The minimum Gasteiger partial charge on any atom is -0.494 e. The summed E-state index contributed by atoms with van der Waals surface area (Å²) in [6, 6.07) is 13.3. The molecule has 0 saturated carbocycles. The second kappa shape index (κ2) is 10.1. The molecule has 1 N–H and O–H groups in total. The number of benzene rings is 2. The smallest absolute Gasteiger partial charge is 0.277 e. The number of unbranched alkanes of at least 4 members (excludes halogenated alkanes) is 1. The van der Waals surface area contributed by atoms with Gasteiger partial charge in [-0.15, -0.1) is 0 Å². The van der Waals surface area contributed by atoms with E-state index in [1.165, 1.54) is 18.3 Å². The van der Waals surface area contributed by atoms with Crippen molar-refractivity contribution >= 4 is 12.1 Å². The predicted octanol–water partition coefficient (Wildman–Crippen LogP) is 3.53. The van der Waals surface area contributed by atoms with E-state index in [0.717, 1.165) is 24.2 Å². The first-order chi connectivity index (χ1) is 12.2. The second-order valence-electron chi connectivity index (χ2n) is 5.28. The topological polar surface area (TPSA) is 59.9 Å². The quantitative estimate of drug-likeness (QED) is 0.430. The number of amides is 1. The third-order valence-corrected chi connectivity index (χ3v) is 3.25. The van der Waals surface area contributed by atoms with Gasteiger partial charge in [-0.3, -0.25) is 4.79 Å². The number of ether oxygens (including phenoxy) is 2. The molecule has 132 valence electrons. The highest BCUT2D eigenvalue weighted by Gasteiger charge is 2.05. The standard InChI is InChI=1S/C19H21FN2O3/c1-2-3-12-24-16-10-8-15(9-11-16)13-21-22-19(23)14-25-18-7-5-4-6-17(18)20/h4-11,13H,2-3,12,14H2,1H3,(H,22,23)/b21-13+. The van der Waals surface area contributed by atoms with Crippen molar-refractivity contribution < 1.29 is 18.7 Å². The Hall–Kier alpha value is -2.89. The van der Waals surface area contributed by atoms with Crippen molar-refractivity contribution in [2.75, 3.05) is 13.2 Å². The van der Waals surface area contributed by atoms with Crippen LogP contribution >= 0.6 is 0 Å². The summed E-state index contributed by atoms with van der Waals surface area (Å²) in [5.74, 6) is -0.160. The number of carbonyl (C=O) groups is 1. The zero-order chi connectivity index (χ0) is 17.9. The van der Waals surface area contributed by atoms with Gasteiger partial charge in [0.05, 0.1) is 12.8 Å². The van der Waals surface area contributed by atoms with Crippen LogP contribution in [0.3, 0.4) is 0 Å². The third-order valence-electron chi connectivity index (χ3n) is 3.25. The van der Waals surface area contributed by atoms with E-state index in [-0.39, 0.29) is 12.4 Å². The molecule has 25 heavy (non-hydrogen) atoms. The first kappa shape index (κ1) is 18.4. The van der Waals surface area contributed by atoms with Crippen LogP contribution in [0.1, 0.15) is 25.3 Å². The van der Waals surface area contributed by atoms with E-state index < -0.39 is 11.7 Å². The maximum Gasteiger partial charge on any atom is 0.277 e. The van der Waals surface area contributed by atoms with E-state index in [1.807, 2.05) is 24.3 Å². The number of para-hydroxylation sites is 1. The normalized spacial score (nSPS) is 10.6. The third kappa shape index (κ3) is 6.63. The highest BCUT2D eigenvalue weighted by atomic mass is 19.1. The van der Waals surface area contributed by atoms with Crippen molar-refractivity contribution in [1.29, 1.82) is 0 Å². The summed E-state index contributed by atoms with van der Waals surface area (Å²) in [5.41, 5.74) is 3.15. The molecule has 0 atom stereocenters. The fourth-order valence-corrected chi connectivity index (χ4v) is 1.90. The van der Waals surface area contributed by atoms with E-state index in [1.54, 1.807) is 12.1 Å². The van der Waals surface area contributed by atoms with Gasteiger partial charge < -0.3 is 9.47 Å². The molecule has 0 heterocycles. The van der Waals surface area contributed by atoms with Gasteiger partial charge in [0.2, 0.25) is 0 Å². The summed E-state index contributed by atoms with van der Waals surface area (Å²) in [6.45, 7) is 2.49. The molecule has 2 rings (SSSR count). The molecule has 0 unspecified atom stereocenters. The van der Waals surface area contributed by atoms with Gasteiger partial charge in [0.15, 0.2) is 18.2 Å². The molecule has 0 saturated heterocycles. The maximum absolute atomic E-state index is 13.3. The Morgan fingerprint density at radius 3 is 2.64 bits per heavy atom. The van der Waals surface area contributed by atoms with Gasteiger partial charge in [0.1, 0.15) is 5.75 Å². The Bertz CT molecular complexity index is 702. The van der Waals surface area contributed by atoms with Gasteiger partial charge in [-0.25, -0.2) is 9.82 Å². The lowest BCUT2D eigenvalue weighted by atomic mass is 10.2. The molecule has 2 aromatic carbocycles. The van der Waals surface area contributed by atoms with Crippen LogP contribution in [0.5, 0.6) is 11.5 Å². The molecule has 2 aromatic rings. The molecule has 0 bridgehead atoms. The summed E-state index contributed by atoms with van der Waals surface area (Å²) in [7, 11) is 0. The fourth-order valence-electron chi connectivity index (χ4n) is 1.90. The Kier molecular flexibility index (Phi) is 7.43. The van der Waals surface area contributed by atoms with E-state index >= 15 is 0 Å². The van der Waals surface area contributed by atoms with Crippen LogP contribution in [0.4, 0.5) is 4.39 Å². The maximum atomic E-state index is 13.3. The van der Waals surface area contributed by atoms with Crippen molar-refractivity contribution in [3.05, 3.63) is 59.9 Å². The zero-order valence-electron chi connectivity index (χ0n) is 14.1. The Morgan fingerprint density at radius 1 is 1.16 bits per heavy atom. The van der Waals surface area contributed by atoms with E-state index in [9.17, 15) is 9.18 Å². The van der Waals surface area contributed by atoms with Gasteiger partial charge in [-0.05, 0) is 48.4 Å². The van der Waals surface area contributed by atoms with Crippen LogP contribution in [-0.4, -0.2) is 25.3 Å². The number of hydrogen-bond acceptors (Lipinski definition) is 4. The summed E-state index contributed by atoms with van der Waals surface area (Å²) >= 11 is 0. The molecule has 0 aliphatic rings. The Balaban J connectivity index is 1.74. The molecule has 5 nitrogen and oxygen atoms in total. The van der Waals surface area contributed by atoms with Gasteiger partial charge in [-0.2, -0.15) is 5.10 Å². The minimum atomic E-state index is -0.514. The molecular formula is C19H21FN2O3. The number of rotatable bonds is 9. The van der Waals surface area contributed by atoms with Gasteiger partial charge >= 0.3 is 0 Å². The molecule has 0 aliphatic carbocycles. The number of nitrogens with one attached hydrogen (secondary N) is 1. The first-order valence-corrected chi connectivity index (χ1v) is 8.11. The number of hydrogen-bond donors (Lipinski definition) is 1. The Morgan fingerprint density at radius 2 is 1.92 bits per heavy atom. The minimum absolute atomic E-state index is 0.0280. The molecule has 0 aromatic heterocycles. The second-order valence-corrected chi connectivity index (χ2v) is 5.28. The van der Waals surface area contributed by atoms with Crippen LogP contribution in [0.2, 0.25) is 0 Å². The summed E-state index contributed by atoms with van der Waals surface area (Å²) in [6.07, 6.45) is 3.62. The molecule has 0 fully saturated rings. The SMILES string of the molecule is CCCCOc1ccc(/C=N/NC(=O)COc2ccccc2F)cc1. The van der Waals surface area contributed by atoms with Crippen molar-refractivity contribution in [1.82, 2.24) is 5.43 Å². The van der Waals surface area contributed by atoms with Crippen LogP contribution in [0, 0.1) is 5.82 Å². The van der Waals surface area contributed by atoms with Crippen LogP contribution in [0.25, 0.3) is 0 Å². The van der Waals surface area contributed by atoms with Gasteiger partial charge in [0.25, 0.3) is 5.91 Å². The highest BCUT2D eigenvalue weighted by Crippen LogP contribution is 2.15. The van der Waals surface area contributed by atoms with Crippen molar-refractivity contribution in [2.24, 2.45) is 5.10 Å². The van der Waals surface area contributed by atoms with Gasteiger partial charge in [-0.1, -0.05) is 25.5 Å². The van der Waals surface area contributed by atoms with Crippen LogP contribution in [0.15, 0.2) is 53.6 Å². The fraction of sp³-hybridized carbons (Fsp3) is 0.263. The lowest BCUT2D eigenvalue weighted by Crippen LogP contribution is -2.24. The van der Waals surface area contributed by atoms with E-state index in [0.29, 0.717) is 6.61 Å². The van der Waals surface area contributed by atoms with Crippen molar-refractivity contribution in [2.45, 2.75) is 19.8 Å². The summed E-state index contributed by atoms with van der Waals surface area (Å²) in [5, 5.41) is 3.84.